The fourth-order valence-electron chi connectivity index (χ4n) is 4.95. The Balaban J connectivity index is 1.48. The summed E-state index contributed by atoms with van der Waals surface area (Å²) in [6.07, 6.45) is 6.10. The first kappa shape index (κ1) is 16.5. The van der Waals surface area contributed by atoms with Crippen LogP contribution in [0.1, 0.15) is 54.1 Å². The Morgan fingerprint density at radius 2 is 2.04 bits per heavy atom. The van der Waals surface area contributed by atoms with Gasteiger partial charge in [-0.15, -0.1) is 0 Å². The number of fused-ring (bicyclic) bond motifs is 3. The summed E-state index contributed by atoms with van der Waals surface area (Å²) in [5.41, 5.74) is 7.65. The van der Waals surface area contributed by atoms with Crippen molar-refractivity contribution in [2.45, 2.75) is 56.7 Å². The van der Waals surface area contributed by atoms with Crippen LogP contribution in [0, 0.1) is 5.92 Å². The predicted molar refractivity (Wildman–Crippen MR) is 98.1 cm³/mol. The molecule has 2 N–H and O–H groups in total. The lowest BCUT2D eigenvalue weighted by atomic mass is 10.00. The zero-order valence-electron chi connectivity index (χ0n) is 15.0. The van der Waals surface area contributed by atoms with Gasteiger partial charge in [-0.05, 0) is 61.6 Å². The molecule has 140 valence electrons. The van der Waals surface area contributed by atoms with Crippen LogP contribution >= 0.6 is 0 Å². The number of nitrogens with two attached hydrogens (primary N) is 1. The average Bonchev–Trinajstić information content (AvgIpc) is 3.16. The highest BCUT2D eigenvalue weighted by Gasteiger charge is 2.47. The number of hydrogen-bond donors (Lipinski definition) is 1. The molecule has 5 rings (SSSR count). The van der Waals surface area contributed by atoms with Gasteiger partial charge in [0.1, 0.15) is 12.8 Å². The lowest BCUT2D eigenvalue weighted by Crippen LogP contribution is -2.47. The van der Waals surface area contributed by atoms with E-state index >= 15 is 0 Å². The highest BCUT2D eigenvalue weighted by atomic mass is 16.2. The number of carbonyl (C=O) groups excluding carboxylic acids is 3. The number of piperidine rings is 1. The van der Waals surface area contributed by atoms with Crippen LogP contribution in [0.4, 0.5) is 0 Å². The summed E-state index contributed by atoms with van der Waals surface area (Å²) in [6.45, 7) is 0.0140. The Labute approximate surface area is 156 Å². The van der Waals surface area contributed by atoms with Crippen molar-refractivity contribution in [1.82, 2.24) is 14.7 Å². The molecule has 2 amide bonds. The van der Waals surface area contributed by atoms with E-state index in [9.17, 15) is 14.4 Å². The molecule has 2 aromatic rings. The van der Waals surface area contributed by atoms with Crippen LogP contribution in [0.25, 0.3) is 10.9 Å². The molecule has 3 unspecified atom stereocenters. The van der Waals surface area contributed by atoms with E-state index in [0.29, 0.717) is 11.3 Å². The molecule has 7 nitrogen and oxygen atoms in total. The maximum absolute atomic E-state index is 13.0. The van der Waals surface area contributed by atoms with Crippen molar-refractivity contribution in [3.63, 3.8) is 0 Å². The number of primary amides is 1. The fourth-order valence-corrected chi connectivity index (χ4v) is 4.95. The zero-order valence-corrected chi connectivity index (χ0v) is 15.0. The monoisotopic (exact) mass is 366 g/mol. The first-order valence-electron chi connectivity index (χ1n) is 9.63. The summed E-state index contributed by atoms with van der Waals surface area (Å²) in [7, 11) is 0. The highest BCUT2D eigenvalue weighted by Crippen LogP contribution is 2.42. The van der Waals surface area contributed by atoms with Crippen molar-refractivity contribution in [2.24, 2.45) is 11.7 Å². The summed E-state index contributed by atoms with van der Waals surface area (Å²) in [4.78, 5) is 38.1. The molecule has 1 saturated heterocycles. The number of nitrogens with zero attached hydrogens (tertiary/aromatic N) is 3. The summed E-state index contributed by atoms with van der Waals surface area (Å²) < 4.78 is 1.56. The number of carbonyl (C=O) groups is 3. The van der Waals surface area contributed by atoms with Gasteiger partial charge in [0.05, 0.1) is 11.6 Å². The minimum Gasteiger partial charge on any atom is -0.364 e. The van der Waals surface area contributed by atoms with E-state index in [1.54, 1.807) is 9.58 Å². The van der Waals surface area contributed by atoms with Crippen molar-refractivity contribution in [3.05, 3.63) is 29.5 Å². The second-order valence-electron chi connectivity index (χ2n) is 8.08. The smallest absolute Gasteiger partial charge is 0.269 e. The number of rotatable bonds is 5. The first-order chi connectivity index (χ1) is 13.1. The Hall–Kier alpha value is -2.70. The van der Waals surface area contributed by atoms with E-state index in [-0.39, 0.29) is 36.1 Å². The quantitative estimate of drug-likeness (QED) is 0.813. The highest BCUT2D eigenvalue weighted by molar-refractivity contribution is 6.04. The largest absolute Gasteiger partial charge is 0.364 e. The second kappa shape index (κ2) is 5.90. The van der Waals surface area contributed by atoms with Crippen molar-refractivity contribution >= 4 is 29.0 Å². The molecule has 0 spiro atoms. The van der Waals surface area contributed by atoms with Gasteiger partial charge in [0.25, 0.3) is 5.91 Å². The van der Waals surface area contributed by atoms with Gasteiger partial charge in [-0.25, -0.2) is 0 Å². The summed E-state index contributed by atoms with van der Waals surface area (Å²) in [6, 6.07) is 5.77. The van der Waals surface area contributed by atoms with Crippen molar-refractivity contribution in [3.8, 4) is 0 Å². The standard InChI is InChI=1S/C20H22N4O3/c21-20(27)19-15-8-12(11-1-2-11)4-6-16(15)23(22-19)9-18(26)24-14-5-3-13(7-14)17(24)10-25/h4,6,8,10-11,13-14,17H,1-3,5,7,9H2,(H2,21,27). The van der Waals surface area contributed by atoms with Gasteiger partial charge in [-0.2, -0.15) is 5.10 Å². The van der Waals surface area contributed by atoms with E-state index in [4.69, 9.17) is 5.73 Å². The third-order valence-electron chi connectivity index (χ3n) is 6.41. The molecule has 0 radical (unpaired) electrons. The SMILES string of the molecule is NC(=O)c1nn(CC(=O)N2C3CCC(C3)C2C=O)c2ccc(C3CC3)cc12. The number of amides is 2. The van der Waals surface area contributed by atoms with Crippen molar-refractivity contribution in [1.29, 1.82) is 0 Å². The van der Waals surface area contributed by atoms with Crippen LogP contribution < -0.4 is 5.73 Å². The Morgan fingerprint density at radius 3 is 2.74 bits per heavy atom. The number of hydrogen-bond acceptors (Lipinski definition) is 4. The van der Waals surface area contributed by atoms with Gasteiger partial charge in [0.15, 0.2) is 5.69 Å². The third-order valence-corrected chi connectivity index (χ3v) is 6.41. The van der Waals surface area contributed by atoms with Gasteiger partial charge < -0.3 is 15.4 Å². The van der Waals surface area contributed by atoms with Crippen LogP contribution in [-0.4, -0.2) is 44.9 Å². The molecule has 2 bridgehead atoms. The fraction of sp³-hybridized carbons (Fsp3) is 0.500. The van der Waals surface area contributed by atoms with E-state index in [0.717, 1.165) is 43.9 Å². The maximum atomic E-state index is 13.0. The summed E-state index contributed by atoms with van der Waals surface area (Å²) in [5.74, 6) is 0.123. The van der Waals surface area contributed by atoms with E-state index < -0.39 is 5.91 Å². The minimum absolute atomic E-state index is 0.0140. The van der Waals surface area contributed by atoms with E-state index in [1.807, 2.05) is 18.2 Å². The third kappa shape index (κ3) is 2.56. The minimum atomic E-state index is -0.592. The molecule has 3 aliphatic rings. The molecular formula is C20H22N4O3. The van der Waals surface area contributed by atoms with Crippen molar-refractivity contribution in [2.75, 3.05) is 0 Å². The molecule has 1 aromatic carbocycles. The topological polar surface area (TPSA) is 98.3 Å². The van der Waals surface area contributed by atoms with Gasteiger partial charge in [-0.1, -0.05) is 6.07 Å². The van der Waals surface area contributed by atoms with Gasteiger partial charge >= 0.3 is 0 Å². The van der Waals surface area contributed by atoms with Crippen LogP contribution in [0.5, 0.6) is 0 Å². The number of benzene rings is 1. The molecule has 2 heterocycles. The normalized spacial score (nSPS) is 26.7. The van der Waals surface area contributed by atoms with E-state index in [2.05, 4.69) is 5.10 Å². The molecule has 3 atom stereocenters. The number of aldehydes is 1. The van der Waals surface area contributed by atoms with E-state index in [1.165, 1.54) is 5.56 Å². The van der Waals surface area contributed by atoms with Gasteiger partial charge in [-0.3, -0.25) is 14.3 Å². The molecule has 1 aromatic heterocycles. The molecule has 2 saturated carbocycles. The predicted octanol–water partition coefficient (Wildman–Crippen LogP) is 1.59. The van der Waals surface area contributed by atoms with Crippen LogP contribution in [0.3, 0.4) is 0 Å². The first-order valence-corrected chi connectivity index (χ1v) is 9.63. The maximum Gasteiger partial charge on any atom is 0.269 e. The lowest BCUT2D eigenvalue weighted by molar-refractivity contribution is -0.139. The lowest BCUT2D eigenvalue weighted by Gasteiger charge is -2.32. The summed E-state index contributed by atoms with van der Waals surface area (Å²) >= 11 is 0. The Bertz CT molecular complexity index is 962. The van der Waals surface area contributed by atoms with Gasteiger partial charge in [0.2, 0.25) is 5.91 Å². The molecule has 7 heteroatoms. The second-order valence-corrected chi connectivity index (χ2v) is 8.08. The molecule has 1 aliphatic heterocycles. The Morgan fingerprint density at radius 1 is 1.22 bits per heavy atom. The van der Waals surface area contributed by atoms with Crippen molar-refractivity contribution < 1.29 is 14.4 Å². The van der Waals surface area contributed by atoms with Gasteiger partial charge in [0, 0.05) is 11.4 Å². The molecular weight excluding hydrogens is 344 g/mol. The summed E-state index contributed by atoms with van der Waals surface area (Å²) in [5, 5.41) is 5.04. The Kier molecular flexibility index (Phi) is 3.60. The zero-order chi connectivity index (χ0) is 18.7. The number of likely N-dealkylation sites (tertiary alicyclic amines) is 1. The van der Waals surface area contributed by atoms with Crippen LogP contribution in [0.2, 0.25) is 0 Å². The van der Waals surface area contributed by atoms with Crippen LogP contribution in [0.15, 0.2) is 18.2 Å². The molecule has 3 fully saturated rings. The number of aromatic nitrogens is 2. The average molecular weight is 366 g/mol. The molecule has 2 aliphatic carbocycles. The molecule has 27 heavy (non-hydrogen) atoms. The van der Waals surface area contributed by atoms with Crippen LogP contribution in [-0.2, 0) is 16.1 Å².